The Balaban J connectivity index is 1.31. The minimum atomic E-state index is -0.220. The van der Waals surface area contributed by atoms with Gasteiger partial charge in [-0.3, -0.25) is 14.5 Å². The van der Waals surface area contributed by atoms with Crippen LogP contribution in [0.2, 0.25) is 0 Å². The van der Waals surface area contributed by atoms with E-state index in [1.165, 1.54) is 5.56 Å². The van der Waals surface area contributed by atoms with Gasteiger partial charge in [0.15, 0.2) is 0 Å². The van der Waals surface area contributed by atoms with Gasteiger partial charge in [0.25, 0.3) is 5.91 Å². The van der Waals surface area contributed by atoms with Gasteiger partial charge in [-0.2, -0.15) is 0 Å². The van der Waals surface area contributed by atoms with E-state index in [0.717, 1.165) is 31.5 Å². The smallest absolute Gasteiger partial charge is 0.253 e. The maximum atomic E-state index is 12.9. The number of nitrogens with one attached hydrogen (secondary N) is 2. The molecule has 34 heavy (non-hydrogen) atoms. The number of hydrogen-bond donors (Lipinski definition) is 3. The lowest BCUT2D eigenvalue weighted by Gasteiger charge is -2.31. The molecule has 1 aliphatic heterocycles. The van der Waals surface area contributed by atoms with Crippen LogP contribution in [0.5, 0.6) is 5.75 Å². The molecule has 0 spiro atoms. The van der Waals surface area contributed by atoms with Gasteiger partial charge >= 0.3 is 0 Å². The fourth-order valence-corrected chi connectivity index (χ4v) is 4.45. The van der Waals surface area contributed by atoms with Crippen molar-refractivity contribution >= 4 is 17.5 Å². The third kappa shape index (κ3) is 6.02. The van der Waals surface area contributed by atoms with E-state index in [9.17, 15) is 14.7 Å². The van der Waals surface area contributed by atoms with E-state index in [2.05, 4.69) is 15.5 Å². The zero-order valence-electron chi connectivity index (χ0n) is 19.4. The Morgan fingerprint density at radius 1 is 0.941 bits per heavy atom. The predicted molar refractivity (Wildman–Crippen MR) is 134 cm³/mol. The number of benzene rings is 3. The SMILES string of the molecule is CC(NC(=O)c1ccccc1NC(=O)CN1CCC(c2ccc(O)cc2)CC1)c1ccccc1. The predicted octanol–water partition coefficient (Wildman–Crippen LogP) is 4.70. The Morgan fingerprint density at radius 3 is 2.29 bits per heavy atom. The van der Waals surface area contributed by atoms with E-state index >= 15 is 0 Å². The summed E-state index contributed by atoms with van der Waals surface area (Å²) in [6.07, 6.45) is 1.93. The first-order valence-corrected chi connectivity index (χ1v) is 11.8. The van der Waals surface area contributed by atoms with Crippen molar-refractivity contribution in [3.8, 4) is 5.75 Å². The molecule has 1 heterocycles. The molecule has 0 bridgehead atoms. The monoisotopic (exact) mass is 457 g/mol. The van der Waals surface area contributed by atoms with E-state index in [4.69, 9.17) is 0 Å². The molecule has 1 fully saturated rings. The standard InChI is InChI=1S/C28H31N3O3/c1-20(21-7-3-2-4-8-21)29-28(34)25-9-5-6-10-26(25)30-27(33)19-31-17-15-23(16-18-31)22-11-13-24(32)14-12-22/h2-14,20,23,32H,15-19H2,1H3,(H,29,34)(H,30,33). The molecule has 3 aromatic carbocycles. The lowest BCUT2D eigenvalue weighted by molar-refractivity contribution is -0.117. The van der Waals surface area contributed by atoms with Crippen LogP contribution < -0.4 is 10.6 Å². The molecule has 0 aromatic heterocycles. The number of rotatable bonds is 7. The number of para-hydroxylation sites is 1. The molecule has 1 unspecified atom stereocenters. The van der Waals surface area contributed by atoms with Crippen LogP contribution in [0.15, 0.2) is 78.9 Å². The van der Waals surface area contributed by atoms with Crippen molar-refractivity contribution in [2.24, 2.45) is 0 Å². The first kappa shape index (κ1) is 23.5. The summed E-state index contributed by atoms with van der Waals surface area (Å²) in [5.74, 6) is 0.374. The highest BCUT2D eigenvalue weighted by Gasteiger charge is 2.23. The summed E-state index contributed by atoms with van der Waals surface area (Å²) in [5.41, 5.74) is 3.22. The van der Waals surface area contributed by atoms with E-state index in [-0.39, 0.29) is 23.6 Å². The van der Waals surface area contributed by atoms with Gasteiger partial charge in [-0.15, -0.1) is 0 Å². The molecule has 0 aliphatic carbocycles. The summed E-state index contributed by atoms with van der Waals surface area (Å²) in [4.78, 5) is 27.8. The molecule has 0 saturated carbocycles. The van der Waals surface area contributed by atoms with Gasteiger partial charge in [0.05, 0.1) is 23.8 Å². The molecule has 1 aliphatic rings. The van der Waals surface area contributed by atoms with Crippen LogP contribution in [0.3, 0.4) is 0 Å². The third-order valence-electron chi connectivity index (χ3n) is 6.41. The number of nitrogens with zero attached hydrogens (tertiary/aromatic N) is 1. The highest BCUT2D eigenvalue weighted by molar-refractivity contribution is 6.04. The van der Waals surface area contributed by atoms with E-state index in [1.807, 2.05) is 55.5 Å². The van der Waals surface area contributed by atoms with Crippen LogP contribution in [-0.2, 0) is 4.79 Å². The zero-order chi connectivity index (χ0) is 23.9. The van der Waals surface area contributed by atoms with Gasteiger partial charge in [0.2, 0.25) is 5.91 Å². The van der Waals surface area contributed by atoms with Crippen LogP contribution in [0.4, 0.5) is 5.69 Å². The van der Waals surface area contributed by atoms with Crippen molar-refractivity contribution in [1.82, 2.24) is 10.2 Å². The van der Waals surface area contributed by atoms with Gasteiger partial charge in [-0.25, -0.2) is 0 Å². The lowest BCUT2D eigenvalue weighted by Crippen LogP contribution is -2.39. The average Bonchev–Trinajstić information content (AvgIpc) is 2.86. The molecule has 0 radical (unpaired) electrons. The number of phenols is 1. The van der Waals surface area contributed by atoms with Crippen LogP contribution in [-0.4, -0.2) is 41.5 Å². The maximum absolute atomic E-state index is 12.9. The fraction of sp³-hybridized carbons (Fsp3) is 0.286. The van der Waals surface area contributed by atoms with Crippen molar-refractivity contribution in [3.05, 3.63) is 95.6 Å². The zero-order valence-corrected chi connectivity index (χ0v) is 19.4. The Bertz CT molecular complexity index is 1110. The van der Waals surface area contributed by atoms with E-state index in [1.54, 1.807) is 30.3 Å². The van der Waals surface area contributed by atoms with Crippen molar-refractivity contribution in [3.63, 3.8) is 0 Å². The second kappa shape index (κ2) is 11.0. The van der Waals surface area contributed by atoms with Gasteiger partial charge in [0.1, 0.15) is 5.75 Å². The van der Waals surface area contributed by atoms with Crippen LogP contribution in [0.25, 0.3) is 0 Å². The second-order valence-corrected chi connectivity index (χ2v) is 8.84. The number of aromatic hydroxyl groups is 1. The Hall–Kier alpha value is -3.64. The summed E-state index contributed by atoms with van der Waals surface area (Å²) in [7, 11) is 0. The minimum Gasteiger partial charge on any atom is -0.508 e. The first-order valence-electron chi connectivity index (χ1n) is 11.8. The number of amides is 2. The molecule has 3 N–H and O–H groups in total. The van der Waals surface area contributed by atoms with E-state index < -0.39 is 0 Å². The number of likely N-dealkylation sites (tertiary alicyclic amines) is 1. The summed E-state index contributed by atoms with van der Waals surface area (Å²) in [6, 6.07) is 24.1. The van der Waals surface area contributed by atoms with Crippen LogP contribution in [0, 0.1) is 0 Å². The molecular formula is C28H31N3O3. The number of piperidine rings is 1. The van der Waals surface area contributed by atoms with Crippen LogP contribution in [0.1, 0.15) is 53.2 Å². The van der Waals surface area contributed by atoms with Gasteiger partial charge in [-0.05, 0) is 74.2 Å². The lowest BCUT2D eigenvalue weighted by atomic mass is 9.89. The molecule has 1 saturated heterocycles. The Kier molecular flexibility index (Phi) is 7.60. The van der Waals surface area contributed by atoms with Gasteiger partial charge in [0, 0.05) is 0 Å². The second-order valence-electron chi connectivity index (χ2n) is 8.84. The quantitative estimate of drug-likeness (QED) is 0.480. The van der Waals surface area contributed by atoms with Crippen molar-refractivity contribution in [2.75, 3.05) is 25.0 Å². The average molecular weight is 458 g/mol. The molecule has 6 heteroatoms. The highest BCUT2D eigenvalue weighted by atomic mass is 16.3. The molecule has 2 amide bonds. The summed E-state index contributed by atoms with van der Waals surface area (Å²) in [5, 5.41) is 15.4. The van der Waals surface area contributed by atoms with Crippen molar-refractivity contribution < 1.29 is 14.7 Å². The Labute approximate surface area is 200 Å². The summed E-state index contributed by atoms with van der Waals surface area (Å²) >= 11 is 0. The number of hydrogen-bond acceptors (Lipinski definition) is 4. The summed E-state index contributed by atoms with van der Waals surface area (Å²) < 4.78 is 0. The minimum absolute atomic E-state index is 0.126. The number of anilines is 1. The highest BCUT2D eigenvalue weighted by Crippen LogP contribution is 2.29. The van der Waals surface area contributed by atoms with Gasteiger partial charge < -0.3 is 15.7 Å². The molecule has 3 aromatic rings. The maximum Gasteiger partial charge on any atom is 0.253 e. The van der Waals surface area contributed by atoms with Crippen LogP contribution >= 0.6 is 0 Å². The molecule has 1 atom stereocenters. The number of carbonyl (C=O) groups excluding carboxylic acids is 2. The van der Waals surface area contributed by atoms with E-state index in [0.29, 0.717) is 23.7 Å². The number of carbonyl (C=O) groups is 2. The van der Waals surface area contributed by atoms with Gasteiger partial charge in [-0.1, -0.05) is 54.6 Å². The largest absolute Gasteiger partial charge is 0.508 e. The van der Waals surface area contributed by atoms with Crippen molar-refractivity contribution in [1.29, 1.82) is 0 Å². The number of phenolic OH excluding ortho intramolecular Hbond substituents is 1. The third-order valence-corrected chi connectivity index (χ3v) is 6.41. The topological polar surface area (TPSA) is 81.7 Å². The fourth-order valence-electron chi connectivity index (χ4n) is 4.45. The molecule has 4 rings (SSSR count). The Morgan fingerprint density at radius 2 is 1.59 bits per heavy atom. The first-order chi connectivity index (χ1) is 16.5. The molecule has 176 valence electrons. The molecule has 6 nitrogen and oxygen atoms in total. The van der Waals surface area contributed by atoms with Crippen molar-refractivity contribution in [2.45, 2.75) is 31.7 Å². The summed E-state index contributed by atoms with van der Waals surface area (Å²) in [6.45, 7) is 3.89. The molecular weight excluding hydrogens is 426 g/mol. The normalized spacial score (nSPS) is 15.4.